The zero-order valence-electron chi connectivity index (χ0n) is 29.1. The quantitative estimate of drug-likeness (QED) is 0.182. The first-order valence-electron chi connectivity index (χ1n) is 15.6. The van der Waals surface area contributed by atoms with Crippen molar-refractivity contribution in [3.05, 3.63) is 60.2 Å². The minimum Gasteiger partial charge on any atom is -0.497 e. The Hall–Kier alpha value is -2.44. The second kappa shape index (κ2) is 15.4. The molecule has 11 heteroatoms. The molecule has 45 heavy (non-hydrogen) atoms. The highest BCUT2D eigenvalue weighted by molar-refractivity contribution is 7.89. The van der Waals surface area contributed by atoms with Gasteiger partial charge >= 0.3 is 6.09 Å². The SMILES string of the molecule is COc1ccc(S(=O)(=O)NC(CC(C)(C)CCO[Si](C)(C)C(C)(C)C)C(O)C(Cc2ccccc2)NC(=O)OC(C)(C)C)cc1. The van der Waals surface area contributed by atoms with E-state index in [-0.39, 0.29) is 22.8 Å². The molecule has 0 aliphatic heterocycles. The van der Waals surface area contributed by atoms with E-state index in [9.17, 15) is 18.3 Å². The van der Waals surface area contributed by atoms with Crippen LogP contribution in [0.3, 0.4) is 0 Å². The van der Waals surface area contributed by atoms with E-state index in [1.165, 1.54) is 19.2 Å². The van der Waals surface area contributed by atoms with Gasteiger partial charge in [0.05, 0.1) is 30.2 Å². The predicted octanol–water partition coefficient (Wildman–Crippen LogP) is 6.67. The summed E-state index contributed by atoms with van der Waals surface area (Å²) in [4.78, 5) is 13.0. The van der Waals surface area contributed by atoms with E-state index in [0.29, 0.717) is 18.8 Å². The molecule has 0 aromatic heterocycles. The summed E-state index contributed by atoms with van der Waals surface area (Å²) in [6.07, 6.45) is -0.800. The third-order valence-electron chi connectivity index (χ3n) is 8.32. The van der Waals surface area contributed by atoms with Gasteiger partial charge in [-0.1, -0.05) is 65.0 Å². The molecule has 2 aromatic carbocycles. The number of hydrogen-bond acceptors (Lipinski definition) is 7. The molecule has 0 spiro atoms. The fourth-order valence-electron chi connectivity index (χ4n) is 4.62. The van der Waals surface area contributed by atoms with Crippen molar-refractivity contribution in [1.82, 2.24) is 10.0 Å². The van der Waals surface area contributed by atoms with Gasteiger partial charge in [-0.2, -0.15) is 0 Å². The van der Waals surface area contributed by atoms with Crippen molar-refractivity contribution >= 4 is 24.4 Å². The number of carbonyl (C=O) groups excluding carboxylic acids is 1. The summed E-state index contributed by atoms with van der Waals surface area (Å²) < 4.78 is 47.3. The fraction of sp³-hybridized carbons (Fsp3) is 0.618. The molecule has 0 fully saturated rings. The summed E-state index contributed by atoms with van der Waals surface area (Å²) in [5.41, 5.74) is -0.315. The highest BCUT2D eigenvalue weighted by Gasteiger charge is 2.39. The lowest BCUT2D eigenvalue weighted by molar-refractivity contribution is 0.0343. The summed E-state index contributed by atoms with van der Waals surface area (Å²) in [5, 5.41) is 14.8. The third-order valence-corrected chi connectivity index (χ3v) is 14.4. The molecule has 9 nitrogen and oxygen atoms in total. The molecular formula is C34H56N2O7SSi. The molecule has 2 aromatic rings. The lowest BCUT2D eigenvalue weighted by Gasteiger charge is -2.39. The zero-order chi connectivity index (χ0) is 34.3. The van der Waals surface area contributed by atoms with E-state index in [4.69, 9.17) is 13.9 Å². The molecule has 1 amide bonds. The Bertz CT molecular complexity index is 1320. The first-order valence-corrected chi connectivity index (χ1v) is 20.0. The van der Waals surface area contributed by atoms with Gasteiger partial charge in [-0.15, -0.1) is 0 Å². The van der Waals surface area contributed by atoms with E-state index >= 15 is 0 Å². The number of rotatable bonds is 15. The molecule has 0 saturated heterocycles. The Morgan fingerprint density at radius 1 is 0.911 bits per heavy atom. The number of benzene rings is 2. The van der Waals surface area contributed by atoms with Crippen LogP contribution in [0.5, 0.6) is 5.75 Å². The maximum Gasteiger partial charge on any atom is 0.407 e. The van der Waals surface area contributed by atoms with Gasteiger partial charge in [-0.3, -0.25) is 0 Å². The van der Waals surface area contributed by atoms with Crippen molar-refractivity contribution in [3.63, 3.8) is 0 Å². The van der Waals surface area contributed by atoms with Crippen LogP contribution in [0.1, 0.15) is 73.8 Å². The van der Waals surface area contributed by atoms with Crippen LogP contribution in [0.15, 0.2) is 59.5 Å². The highest BCUT2D eigenvalue weighted by Crippen LogP contribution is 2.38. The second-order valence-corrected chi connectivity index (χ2v) is 21.6. The van der Waals surface area contributed by atoms with Crippen molar-refractivity contribution in [3.8, 4) is 5.75 Å². The predicted molar refractivity (Wildman–Crippen MR) is 183 cm³/mol. The number of hydrogen-bond donors (Lipinski definition) is 3. The minimum absolute atomic E-state index is 0.0410. The van der Waals surface area contributed by atoms with Crippen molar-refractivity contribution in [1.29, 1.82) is 0 Å². The maximum atomic E-state index is 13.7. The van der Waals surface area contributed by atoms with Gasteiger partial charge in [-0.05, 0) is 93.4 Å². The highest BCUT2D eigenvalue weighted by atomic mass is 32.2. The first-order chi connectivity index (χ1) is 20.6. The van der Waals surface area contributed by atoms with Crippen LogP contribution < -0.4 is 14.8 Å². The summed E-state index contributed by atoms with van der Waals surface area (Å²) in [5.74, 6) is 0.526. The Labute approximate surface area is 272 Å². The first kappa shape index (κ1) is 38.7. The molecule has 3 N–H and O–H groups in total. The van der Waals surface area contributed by atoms with Crippen LogP contribution in [0, 0.1) is 5.41 Å². The van der Waals surface area contributed by atoms with Crippen molar-refractivity contribution in [2.24, 2.45) is 5.41 Å². The lowest BCUT2D eigenvalue weighted by atomic mass is 9.80. The molecule has 0 heterocycles. The van der Waals surface area contributed by atoms with E-state index in [1.54, 1.807) is 32.9 Å². The molecule has 3 unspecified atom stereocenters. The number of carbonyl (C=O) groups is 1. The Balaban J connectivity index is 2.44. The molecule has 0 aliphatic carbocycles. The largest absolute Gasteiger partial charge is 0.497 e. The number of alkyl carbamates (subject to hydrolysis) is 1. The van der Waals surface area contributed by atoms with Crippen molar-refractivity contribution in [2.45, 2.75) is 121 Å². The molecule has 0 bridgehead atoms. The average Bonchev–Trinajstić information content (AvgIpc) is 2.90. The standard InChI is InChI=1S/C34H56N2O7SSi/c1-32(2,3)43-31(38)35-28(23-25-15-13-12-14-16-25)30(37)29(36-44(39,40)27-19-17-26(41-9)18-20-27)24-34(7,8)21-22-42-45(10,11)33(4,5)6/h12-20,28-30,36-37H,21-24H2,1-11H3,(H,35,38). The maximum absolute atomic E-state index is 13.7. The number of methoxy groups -OCH3 is 1. The molecule has 0 saturated carbocycles. The number of nitrogens with one attached hydrogen (secondary N) is 2. The number of aliphatic hydroxyl groups excluding tert-OH is 1. The zero-order valence-corrected chi connectivity index (χ0v) is 30.9. The van der Waals surface area contributed by atoms with Gasteiger partial charge in [0.1, 0.15) is 11.4 Å². The lowest BCUT2D eigenvalue weighted by Crippen LogP contribution is -2.56. The number of ether oxygens (including phenoxy) is 2. The number of sulfonamides is 1. The van der Waals surface area contributed by atoms with Crippen LogP contribution >= 0.6 is 0 Å². The van der Waals surface area contributed by atoms with Gasteiger partial charge in [0.25, 0.3) is 0 Å². The van der Waals surface area contributed by atoms with Gasteiger partial charge in [0.15, 0.2) is 8.32 Å². The van der Waals surface area contributed by atoms with E-state index < -0.39 is 53.6 Å². The topological polar surface area (TPSA) is 123 Å². The average molecular weight is 665 g/mol. The smallest absolute Gasteiger partial charge is 0.407 e. The van der Waals surface area contributed by atoms with Crippen LogP contribution in [0.2, 0.25) is 18.1 Å². The monoisotopic (exact) mass is 664 g/mol. The van der Waals surface area contributed by atoms with E-state index in [0.717, 1.165) is 5.56 Å². The van der Waals surface area contributed by atoms with E-state index in [2.05, 4.69) is 43.9 Å². The molecule has 3 atom stereocenters. The summed E-state index contributed by atoms with van der Waals surface area (Å²) in [7, 11) is -4.54. The molecule has 0 radical (unpaired) electrons. The van der Waals surface area contributed by atoms with Gasteiger partial charge < -0.3 is 24.3 Å². The Morgan fingerprint density at radius 3 is 2.00 bits per heavy atom. The third kappa shape index (κ3) is 12.7. The van der Waals surface area contributed by atoms with Crippen LogP contribution in [-0.4, -0.2) is 65.4 Å². The summed E-state index contributed by atoms with van der Waals surface area (Å²) >= 11 is 0. The van der Waals surface area contributed by atoms with Gasteiger partial charge in [0.2, 0.25) is 10.0 Å². The number of amides is 1. The number of aliphatic hydroxyl groups is 1. The van der Waals surface area contributed by atoms with Crippen LogP contribution in [0.25, 0.3) is 0 Å². The van der Waals surface area contributed by atoms with Crippen molar-refractivity contribution in [2.75, 3.05) is 13.7 Å². The molecule has 254 valence electrons. The normalized spacial score (nSPS) is 15.2. The molecule has 2 rings (SSSR count). The van der Waals surface area contributed by atoms with Crippen LogP contribution in [0.4, 0.5) is 4.79 Å². The molecule has 0 aliphatic rings. The summed E-state index contributed by atoms with van der Waals surface area (Å²) in [6, 6.07) is 13.7. The molecular weight excluding hydrogens is 609 g/mol. The second-order valence-electron chi connectivity index (χ2n) is 15.1. The minimum atomic E-state index is -4.06. The van der Waals surface area contributed by atoms with Crippen LogP contribution in [-0.2, 0) is 25.6 Å². The van der Waals surface area contributed by atoms with Gasteiger partial charge in [0, 0.05) is 6.61 Å². The van der Waals surface area contributed by atoms with Gasteiger partial charge in [-0.25, -0.2) is 17.9 Å². The summed E-state index contributed by atoms with van der Waals surface area (Å²) in [6.45, 7) is 20.8. The van der Waals surface area contributed by atoms with E-state index in [1.807, 2.05) is 44.2 Å². The van der Waals surface area contributed by atoms with Crippen molar-refractivity contribution < 1.29 is 32.2 Å². The fourth-order valence-corrected chi connectivity index (χ4v) is 6.91. The Kier molecular flexibility index (Phi) is 13.3. The Morgan fingerprint density at radius 2 is 1.49 bits per heavy atom.